The lowest BCUT2D eigenvalue weighted by Gasteiger charge is -2.13. The summed E-state index contributed by atoms with van der Waals surface area (Å²) in [5.74, 6) is 0. The van der Waals surface area contributed by atoms with Crippen LogP contribution in [0.5, 0.6) is 0 Å². The van der Waals surface area contributed by atoms with Gasteiger partial charge in [0.1, 0.15) is 0 Å². The molecule has 0 aliphatic heterocycles. The van der Waals surface area contributed by atoms with Crippen LogP contribution in [-0.4, -0.2) is 11.2 Å². The van der Waals surface area contributed by atoms with Gasteiger partial charge in [-0.1, -0.05) is 18.2 Å². The van der Waals surface area contributed by atoms with Crippen LogP contribution in [0.25, 0.3) is 10.1 Å². The maximum atomic E-state index is 9.43. The second-order valence-corrected chi connectivity index (χ2v) is 4.36. The molecule has 2 nitrogen and oxygen atoms in total. The highest BCUT2D eigenvalue weighted by atomic mass is 32.1. The number of nitrogens with two attached hydrogens (primary N) is 1. The van der Waals surface area contributed by atoms with Gasteiger partial charge in [0.15, 0.2) is 0 Å². The van der Waals surface area contributed by atoms with E-state index in [1.165, 1.54) is 4.70 Å². The summed E-state index contributed by atoms with van der Waals surface area (Å²) in [6.07, 6.45) is -0.506. The minimum Gasteiger partial charge on any atom is -0.391 e. The van der Waals surface area contributed by atoms with Crippen molar-refractivity contribution in [3.05, 3.63) is 35.2 Å². The van der Waals surface area contributed by atoms with Crippen LogP contribution >= 0.6 is 11.3 Å². The second kappa shape index (κ2) is 3.69. The lowest BCUT2D eigenvalue weighted by molar-refractivity contribution is 0.165. The van der Waals surface area contributed by atoms with E-state index in [1.54, 1.807) is 18.3 Å². The Bertz CT molecular complexity index is 436. The summed E-state index contributed by atoms with van der Waals surface area (Å²) in [7, 11) is 0. The van der Waals surface area contributed by atoms with Crippen LogP contribution in [-0.2, 0) is 0 Å². The molecule has 3 N–H and O–H groups in total. The van der Waals surface area contributed by atoms with Crippen LogP contribution in [0.2, 0.25) is 0 Å². The van der Waals surface area contributed by atoms with Gasteiger partial charge in [-0.25, -0.2) is 0 Å². The zero-order valence-corrected chi connectivity index (χ0v) is 8.79. The van der Waals surface area contributed by atoms with Gasteiger partial charge in [-0.05, 0) is 29.3 Å². The first-order chi connectivity index (χ1) is 6.70. The van der Waals surface area contributed by atoms with Crippen molar-refractivity contribution >= 4 is 21.4 Å². The van der Waals surface area contributed by atoms with Crippen LogP contribution < -0.4 is 5.73 Å². The summed E-state index contributed by atoms with van der Waals surface area (Å²) in [4.78, 5) is 0. The highest BCUT2D eigenvalue weighted by molar-refractivity contribution is 7.17. The maximum absolute atomic E-state index is 9.43. The molecule has 0 amide bonds. The molecule has 2 rings (SSSR count). The Labute approximate surface area is 87.0 Å². The van der Waals surface area contributed by atoms with E-state index in [0.29, 0.717) is 0 Å². The van der Waals surface area contributed by atoms with Crippen molar-refractivity contribution in [2.45, 2.75) is 19.1 Å². The van der Waals surface area contributed by atoms with Crippen molar-refractivity contribution < 1.29 is 5.11 Å². The number of rotatable bonds is 2. The molecule has 2 aromatic rings. The first-order valence-electron chi connectivity index (χ1n) is 4.60. The summed E-state index contributed by atoms with van der Waals surface area (Å²) < 4.78 is 1.22. The van der Waals surface area contributed by atoms with Crippen LogP contribution in [0, 0.1) is 0 Å². The standard InChI is InChI=1S/C11H13NOS/c1-7(13)11(12)9-6-14-10-5-3-2-4-8(9)10/h2-7,11,13H,12H2,1H3. The van der Waals surface area contributed by atoms with Crippen molar-refractivity contribution in [2.24, 2.45) is 5.73 Å². The third-order valence-electron chi connectivity index (χ3n) is 2.39. The quantitative estimate of drug-likeness (QED) is 0.793. The van der Waals surface area contributed by atoms with E-state index < -0.39 is 6.10 Å². The van der Waals surface area contributed by atoms with Gasteiger partial charge in [0.2, 0.25) is 0 Å². The summed E-state index contributed by atoms with van der Waals surface area (Å²) in [5, 5.41) is 12.6. The van der Waals surface area contributed by atoms with Gasteiger partial charge in [-0.15, -0.1) is 11.3 Å². The molecule has 0 saturated carbocycles. The van der Waals surface area contributed by atoms with Gasteiger partial charge in [-0.2, -0.15) is 0 Å². The van der Waals surface area contributed by atoms with Crippen LogP contribution in [0.3, 0.4) is 0 Å². The number of benzene rings is 1. The third kappa shape index (κ3) is 1.54. The summed E-state index contributed by atoms with van der Waals surface area (Å²) >= 11 is 1.67. The van der Waals surface area contributed by atoms with Crippen molar-refractivity contribution in [1.29, 1.82) is 0 Å². The van der Waals surface area contributed by atoms with Crippen molar-refractivity contribution in [3.8, 4) is 0 Å². The Balaban J connectivity index is 2.53. The van der Waals surface area contributed by atoms with E-state index in [9.17, 15) is 5.11 Å². The topological polar surface area (TPSA) is 46.2 Å². The van der Waals surface area contributed by atoms with Crippen molar-refractivity contribution in [3.63, 3.8) is 0 Å². The predicted octanol–water partition coefficient (Wildman–Crippen LogP) is 2.28. The van der Waals surface area contributed by atoms with Gasteiger partial charge in [0, 0.05) is 4.70 Å². The number of thiophene rings is 1. The summed E-state index contributed by atoms with van der Waals surface area (Å²) in [6.45, 7) is 1.72. The van der Waals surface area contributed by atoms with E-state index in [-0.39, 0.29) is 6.04 Å². The second-order valence-electron chi connectivity index (χ2n) is 3.45. The fourth-order valence-corrected chi connectivity index (χ4v) is 2.52. The van der Waals surface area contributed by atoms with Crippen molar-refractivity contribution in [2.75, 3.05) is 0 Å². The average Bonchev–Trinajstić information content (AvgIpc) is 2.60. The largest absolute Gasteiger partial charge is 0.391 e. The Morgan fingerprint density at radius 1 is 1.36 bits per heavy atom. The Kier molecular flexibility index (Phi) is 2.54. The van der Waals surface area contributed by atoms with Gasteiger partial charge >= 0.3 is 0 Å². The molecule has 0 saturated heterocycles. The van der Waals surface area contributed by atoms with E-state index in [0.717, 1.165) is 10.9 Å². The molecule has 1 aromatic carbocycles. The molecule has 3 heteroatoms. The lowest BCUT2D eigenvalue weighted by Crippen LogP contribution is -2.22. The fourth-order valence-electron chi connectivity index (χ4n) is 1.52. The highest BCUT2D eigenvalue weighted by Crippen LogP contribution is 2.30. The average molecular weight is 207 g/mol. The molecule has 2 atom stereocenters. The van der Waals surface area contributed by atoms with E-state index in [1.807, 2.05) is 23.6 Å². The van der Waals surface area contributed by atoms with Crippen molar-refractivity contribution in [1.82, 2.24) is 0 Å². The molecular weight excluding hydrogens is 194 g/mol. The molecule has 2 unspecified atom stereocenters. The molecule has 0 aliphatic rings. The van der Waals surface area contributed by atoms with E-state index in [2.05, 4.69) is 6.07 Å². The number of aliphatic hydroxyl groups is 1. The maximum Gasteiger partial charge on any atom is 0.0705 e. The van der Waals surface area contributed by atoms with Gasteiger partial charge in [0.05, 0.1) is 12.1 Å². The molecule has 0 bridgehead atoms. The molecular formula is C11H13NOS. The van der Waals surface area contributed by atoms with Crippen LogP contribution in [0.15, 0.2) is 29.6 Å². The van der Waals surface area contributed by atoms with Crippen LogP contribution in [0.4, 0.5) is 0 Å². The van der Waals surface area contributed by atoms with Gasteiger partial charge in [-0.3, -0.25) is 0 Å². The first-order valence-corrected chi connectivity index (χ1v) is 5.48. The number of aliphatic hydroxyl groups excluding tert-OH is 1. The van der Waals surface area contributed by atoms with Crippen LogP contribution in [0.1, 0.15) is 18.5 Å². The Morgan fingerprint density at radius 2 is 2.07 bits per heavy atom. The molecule has 0 aliphatic carbocycles. The summed E-state index contributed by atoms with van der Waals surface area (Å²) in [6, 6.07) is 7.83. The molecule has 1 heterocycles. The predicted molar refractivity (Wildman–Crippen MR) is 60.4 cm³/mol. The number of fused-ring (bicyclic) bond motifs is 1. The minimum atomic E-state index is -0.506. The zero-order chi connectivity index (χ0) is 10.1. The summed E-state index contributed by atoms with van der Waals surface area (Å²) in [5.41, 5.74) is 6.95. The normalized spacial score (nSPS) is 15.6. The fraction of sp³-hybridized carbons (Fsp3) is 0.273. The van der Waals surface area contributed by atoms with E-state index >= 15 is 0 Å². The highest BCUT2D eigenvalue weighted by Gasteiger charge is 2.15. The first kappa shape index (κ1) is 9.65. The molecule has 0 spiro atoms. The monoisotopic (exact) mass is 207 g/mol. The molecule has 1 aromatic heterocycles. The smallest absolute Gasteiger partial charge is 0.0705 e. The SMILES string of the molecule is CC(O)C(N)c1csc2ccccc12. The third-order valence-corrected chi connectivity index (χ3v) is 3.37. The van der Waals surface area contributed by atoms with Gasteiger partial charge in [0.25, 0.3) is 0 Å². The van der Waals surface area contributed by atoms with Gasteiger partial charge < -0.3 is 10.8 Å². The lowest BCUT2D eigenvalue weighted by atomic mass is 10.0. The molecule has 14 heavy (non-hydrogen) atoms. The minimum absolute atomic E-state index is 0.286. The number of hydrogen-bond donors (Lipinski definition) is 2. The molecule has 74 valence electrons. The zero-order valence-electron chi connectivity index (χ0n) is 7.97. The molecule has 0 radical (unpaired) electrons. The van der Waals surface area contributed by atoms with E-state index in [4.69, 9.17) is 5.73 Å². The Hall–Kier alpha value is -0.900. The Morgan fingerprint density at radius 3 is 2.79 bits per heavy atom. The molecule has 0 fully saturated rings. The number of hydrogen-bond acceptors (Lipinski definition) is 3.